The molecule has 2 nitrogen and oxygen atoms in total. The van der Waals surface area contributed by atoms with E-state index in [1.807, 2.05) is 30.3 Å². The summed E-state index contributed by atoms with van der Waals surface area (Å²) in [6.07, 6.45) is 7.89. The van der Waals surface area contributed by atoms with Crippen molar-refractivity contribution in [3.63, 3.8) is 0 Å². The first-order valence-corrected chi connectivity index (χ1v) is 7.74. The molecule has 0 bridgehead atoms. The number of aliphatic hydroxyl groups excluding tert-OH is 1. The van der Waals surface area contributed by atoms with E-state index in [-0.39, 0.29) is 6.04 Å². The molecule has 2 N–H and O–H groups in total. The monoisotopic (exact) mass is 261 g/mol. The average molecular weight is 261 g/mol. The highest BCUT2D eigenvalue weighted by molar-refractivity contribution is 5.18. The number of aliphatic hydroxyl groups is 1. The molecule has 2 heteroatoms. The molecular formula is C17H27NO. The second-order valence-corrected chi connectivity index (χ2v) is 5.89. The standard InChI is InChI=1S/C17H27NO/c1-14(17(19)16-10-6-3-7-11-16)18-13-12-15-8-4-2-5-9-15/h3,6-7,10-11,14-15,17-19H,2,4-5,8-9,12-13H2,1H3. The molecule has 106 valence electrons. The lowest BCUT2D eigenvalue weighted by Gasteiger charge is -2.24. The molecule has 0 amide bonds. The van der Waals surface area contributed by atoms with E-state index in [1.165, 1.54) is 38.5 Å². The molecule has 0 saturated heterocycles. The summed E-state index contributed by atoms with van der Waals surface area (Å²) in [5.74, 6) is 0.905. The quantitative estimate of drug-likeness (QED) is 0.819. The van der Waals surface area contributed by atoms with Crippen LogP contribution in [0.15, 0.2) is 30.3 Å². The maximum absolute atomic E-state index is 10.3. The van der Waals surface area contributed by atoms with Crippen molar-refractivity contribution >= 4 is 0 Å². The Kier molecular flexibility index (Phi) is 5.87. The fourth-order valence-corrected chi connectivity index (χ4v) is 3.04. The van der Waals surface area contributed by atoms with Gasteiger partial charge in [-0.15, -0.1) is 0 Å². The van der Waals surface area contributed by atoms with Crippen molar-refractivity contribution in [1.29, 1.82) is 0 Å². The Morgan fingerprint density at radius 1 is 1.16 bits per heavy atom. The minimum atomic E-state index is -0.410. The van der Waals surface area contributed by atoms with E-state index in [9.17, 15) is 5.11 Å². The number of hydrogen-bond donors (Lipinski definition) is 2. The van der Waals surface area contributed by atoms with E-state index in [4.69, 9.17) is 0 Å². The van der Waals surface area contributed by atoms with Crippen molar-refractivity contribution in [2.75, 3.05) is 6.54 Å². The van der Waals surface area contributed by atoms with E-state index in [0.29, 0.717) is 0 Å². The molecule has 2 unspecified atom stereocenters. The van der Waals surface area contributed by atoms with Crippen molar-refractivity contribution < 1.29 is 5.11 Å². The van der Waals surface area contributed by atoms with E-state index >= 15 is 0 Å². The van der Waals surface area contributed by atoms with Gasteiger partial charge in [0.15, 0.2) is 0 Å². The van der Waals surface area contributed by atoms with Gasteiger partial charge in [0.25, 0.3) is 0 Å². The third-order valence-corrected chi connectivity index (χ3v) is 4.36. The predicted molar refractivity (Wildman–Crippen MR) is 80.1 cm³/mol. The number of hydrogen-bond acceptors (Lipinski definition) is 2. The first kappa shape index (κ1) is 14.5. The van der Waals surface area contributed by atoms with Crippen LogP contribution < -0.4 is 5.32 Å². The summed E-state index contributed by atoms with van der Waals surface area (Å²) in [4.78, 5) is 0. The van der Waals surface area contributed by atoms with Crippen LogP contribution in [-0.4, -0.2) is 17.7 Å². The van der Waals surface area contributed by atoms with Crippen LogP contribution in [0.1, 0.15) is 57.1 Å². The van der Waals surface area contributed by atoms with Crippen LogP contribution in [0.2, 0.25) is 0 Å². The zero-order valence-electron chi connectivity index (χ0n) is 12.0. The van der Waals surface area contributed by atoms with Gasteiger partial charge in [-0.05, 0) is 31.4 Å². The molecule has 1 aromatic carbocycles. The molecule has 1 aliphatic carbocycles. The lowest BCUT2D eigenvalue weighted by Crippen LogP contribution is -2.33. The van der Waals surface area contributed by atoms with Gasteiger partial charge in [-0.1, -0.05) is 62.4 Å². The van der Waals surface area contributed by atoms with Crippen LogP contribution in [0.5, 0.6) is 0 Å². The maximum Gasteiger partial charge on any atom is 0.0940 e. The third kappa shape index (κ3) is 4.63. The summed E-state index contributed by atoms with van der Waals surface area (Å²) in [6, 6.07) is 10.0. The Balaban J connectivity index is 1.70. The maximum atomic E-state index is 10.3. The number of benzene rings is 1. The van der Waals surface area contributed by atoms with Crippen LogP contribution in [0, 0.1) is 5.92 Å². The minimum Gasteiger partial charge on any atom is -0.387 e. The summed E-state index contributed by atoms with van der Waals surface area (Å²) in [7, 11) is 0. The summed E-state index contributed by atoms with van der Waals surface area (Å²) < 4.78 is 0. The highest BCUT2D eigenvalue weighted by Crippen LogP contribution is 2.26. The highest BCUT2D eigenvalue weighted by Gasteiger charge is 2.17. The van der Waals surface area contributed by atoms with Crippen LogP contribution in [0.25, 0.3) is 0 Å². The van der Waals surface area contributed by atoms with Gasteiger partial charge in [-0.2, -0.15) is 0 Å². The number of rotatable bonds is 6. The highest BCUT2D eigenvalue weighted by atomic mass is 16.3. The van der Waals surface area contributed by atoms with Gasteiger partial charge in [0.2, 0.25) is 0 Å². The van der Waals surface area contributed by atoms with Crippen molar-refractivity contribution in [3.05, 3.63) is 35.9 Å². The van der Waals surface area contributed by atoms with E-state index in [2.05, 4.69) is 12.2 Å². The van der Waals surface area contributed by atoms with Crippen LogP contribution >= 0.6 is 0 Å². The Morgan fingerprint density at radius 3 is 2.53 bits per heavy atom. The Labute approximate surface area is 117 Å². The molecule has 2 rings (SSSR count). The lowest BCUT2D eigenvalue weighted by molar-refractivity contribution is 0.134. The van der Waals surface area contributed by atoms with Gasteiger partial charge >= 0.3 is 0 Å². The van der Waals surface area contributed by atoms with Crippen molar-refractivity contribution in [1.82, 2.24) is 5.32 Å². The fraction of sp³-hybridized carbons (Fsp3) is 0.647. The van der Waals surface area contributed by atoms with Gasteiger partial charge in [0, 0.05) is 6.04 Å². The molecule has 2 atom stereocenters. The summed E-state index contributed by atoms with van der Waals surface area (Å²) in [5, 5.41) is 13.7. The van der Waals surface area contributed by atoms with Crippen molar-refractivity contribution in [2.24, 2.45) is 5.92 Å². The lowest BCUT2D eigenvalue weighted by atomic mass is 9.87. The van der Waals surface area contributed by atoms with Crippen LogP contribution in [0.3, 0.4) is 0 Å². The predicted octanol–water partition coefficient (Wildman–Crippen LogP) is 3.67. The van der Waals surface area contributed by atoms with Gasteiger partial charge in [0.05, 0.1) is 6.10 Å². The topological polar surface area (TPSA) is 32.3 Å². The second-order valence-electron chi connectivity index (χ2n) is 5.89. The Bertz CT molecular complexity index is 346. The molecule has 0 spiro atoms. The molecule has 19 heavy (non-hydrogen) atoms. The third-order valence-electron chi connectivity index (χ3n) is 4.36. The van der Waals surface area contributed by atoms with Crippen molar-refractivity contribution in [3.8, 4) is 0 Å². The molecule has 1 saturated carbocycles. The number of nitrogens with one attached hydrogen (secondary N) is 1. The zero-order valence-corrected chi connectivity index (χ0v) is 12.0. The second kappa shape index (κ2) is 7.66. The Hall–Kier alpha value is -0.860. The summed E-state index contributed by atoms with van der Waals surface area (Å²) >= 11 is 0. The van der Waals surface area contributed by atoms with Gasteiger partial charge in [0.1, 0.15) is 0 Å². The molecule has 0 heterocycles. The van der Waals surface area contributed by atoms with Gasteiger partial charge in [-0.25, -0.2) is 0 Å². The van der Waals surface area contributed by atoms with Crippen molar-refractivity contribution in [2.45, 2.75) is 57.6 Å². The molecule has 1 fully saturated rings. The minimum absolute atomic E-state index is 0.117. The first-order valence-electron chi connectivity index (χ1n) is 7.74. The van der Waals surface area contributed by atoms with Gasteiger partial charge < -0.3 is 10.4 Å². The van der Waals surface area contributed by atoms with E-state index < -0.39 is 6.10 Å². The van der Waals surface area contributed by atoms with E-state index in [0.717, 1.165) is 18.0 Å². The largest absolute Gasteiger partial charge is 0.387 e. The first-order chi connectivity index (χ1) is 9.27. The Morgan fingerprint density at radius 2 is 1.84 bits per heavy atom. The normalized spacial score (nSPS) is 20.1. The van der Waals surface area contributed by atoms with Gasteiger partial charge in [-0.3, -0.25) is 0 Å². The average Bonchev–Trinajstić information content (AvgIpc) is 2.48. The van der Waals surface area contributed by atoms with Crippen LogP contribution in [-0.2, 0) is 0 Å². The molecule has 0 aromatic heterocycles. The summed E-state index contributed by atoms with van der Waals surface area (Å²) in [5.41, 5.74) is 1.00. The zero-order chi connectivity index (χ0) is 13.5. The molecular weight excluding hydrogens is 234 g/mol. The van der Waals surface area contributed by atoms with E-state index in [1.54, 1.807) is 0 Å². The SMILES string of the molecule is CC(NCCC1CCCCC1)C(O)c1ccccc1. The molecule has 1 aromatic rings. The molecule has 0 aliphatic heterocycles. The summed E-state index contributed by atoms with van der Waals surface area (Å²) in [6.45, 7) is 3.09. The fourth-order valence-electron chi connectivity index (χ4n) is 3.04. The van der Waals surface area contributed by atoms with Crippen LogP contribution in [0.4, 0.5) is 0 Å². The molecule has 0 radical (unpaired) electrons. The molecule has 1 aliphatic rings. The smallest absolute Gasteiger partial charge is 0.0940 e.